The molecule has 0 saturated carbocycles. The van der Waals surface area contributed by atoms with Crippen molar-refractivity contribution in [3.63, 3.8) is 0 Å². The van der Waals surface area contributed by atoms with Gasteiger partial charge in [0.05, 0.1) is 11.5 Å². The molecular formula is C16H31N3O2S. The van der Waals surface area contributed by atoms with Crippen LogP contribution in [-0.2, 0) is 9.84 Å². The summed E-state index contributed by atoms with van der Waals surface area (Å²) in [5.74, 6) is 1.83. The highest BCUT2D eigenvalue weighted by atomic mass is 32.2. The first-order valence-corrected chi connectivity index (χ1v) is 10.4. The summed E-state index contributed by atoms with van der Waals surface area (Å²) < 4.78 is 23.1. The minimum atomic E-state index is -2.79. The predicted octanol–water partition coefficient (Wildman–Crippen LogP) is 1.90. The maximum atomic E-state index is 11.5. The van der Waals surface area contributed by atoms with Gasteiger partial charge in [-0.25, -0.2) is 8.42 Å². The van der Waals surface area contributed by atoms with Crippen LogP contribution in [0.4, 0.5) is 0 Å². The van der Waals surface area contributed by atoms with Gasteiger partial charge in [-0.2, -0.15) is 0 Å². The molecule has 128 valence electrons. The largest absolute Gasteiger partial charge is 0.356 e. The van der Waals surface area contributed by atoms with E-state index in [1.807, 2.05) is 7.05 Å². The van der Waals surface area contributed by atoms with E-state index in [1.54, 1.807) is 0 Å². The molecule has 22 heavy (non-hydrogen) atoms. The lowest BCUT2D eigenvalue weighted by atomic mass is 9.78. The summed E-state index contributed by atoms with van der Waals surface area (Å²) in [5.41, 5.74) is 0.376. The van der Waals surface area contributed by atoms with Crippen LogP contribution >= 0.6 is 0 Å². The van der Waals surface area contributed by atoms with Crippen molar-refractivity contribution in [3.8, 4) is 0 Å². The van der Waals surface area contributed by atoms with Crippen molar-refractivity contribution >= 4 is 15.8 Å². The van der Waals surface area contributed by atoms with Gasteiger partial charge in [-0.3, -0.25) is 4.99 Å². The van der Waals surface area contributed by atoms with E-state index < -0.39 is 9.84 Å². The Morgan fingerprint density at radius 1 is 1.45 bits per heavy atom. The fraction of sp³-hybridized carbons (Fsp3) is 0.938. The van der Waals surface area contributed by atoms with E-state index >= 15 is 0 Å². The summed E-state index contributed by atoms with van der Waals surface area (Å²) in [6.07, 6.45) is 5.74. The van der Waals surface area contributed by atoms with Gasteiger partial charge in [0.2, 0.25) is 0 Å². The highest BCUT2D eigenvalue weighted by molar-refractivity contribution is 7.91. The number of hydrogen-bond donors (Lipinski definition) is 1. The number of rotatable bonds is 4. The third-order valence-corrected chi connectivity index (χ3v) is 6.86. The lowest BCUT2D eigenvalue weighted by Crippen LogP contribution is -2.50. The fourth-order valence-electron chi connectivity index (χ4n) is 3.90. The third-order valence-electron chi connectivity index (χ3n) is 5.02. The second-order valence-corrected chi connectivity index (χ2v) is 9.51. The zero-order valence-corrected chi connectivity index (χ0v) is 15.1. The minimum absolute atomic E-state index is 0.230. The van der Waals surface area contributed by atoms with Crippen molar-refractivity contribution in [3.05, 3.63) is 0 Å². The molecule has 2 rings (SSSR count). The summed E-state index contributed by atoms with van der Waals surface area (Å²) in [5, 5.41) is 3.41. The summed E-state index contributed by atoms with van der Waals surface area (Å²) in [4.78, 5) is 6.77. The summed E-state index contributed by atoms with van der Waals surface area (Å²) >= 11 is 0. The number of nitrogens with one attached hydrogen (secondary N) is 1. The van der Waals surface area contributed by atoms with E-state index in [0.717, 1.165) is 25.5 Å². The molecule has 2 aliphatic heterocycles. The van der Waals surface area contributed by atoms with Gasteiger partial charge < -0.3 is 10.2 Å². The second kappa shape index (κ2) is 7.20. The molecule has 2 aliphatic rings. The second-order valence-electron chi connectivity index (χ2n) is 7.28. The number of hydrogen-bond acceptors (Lipinski definition) is 3. The molecule has 0 radical (unpaired) electrons. The minimum Gasteiger partial charge on any atom is -0.356 e. The van der Waals surface area contributed by atoms with Crippen LogP contribution in [0.2, 0.25) is 0 Å². The molecular weight excluding hydrogens is 298 g/mol. The van der Waals surface area contributed by atoms with E-state index in [1.165, 1.54) is 25.7 Å². The van der Waals surface area contributed by atoms with E-state index in [4.69, 9.17) is 0 Å². The van der Waals surface area contributed by atoms with Crippen LogP contribution in [0, 0.1) is 11.3 Å². The maximum Gasteiger partial charge on any atom is 0.193 e. The van der Waals surface area contributed by atoms with Gasteiger partial charge in [0, 0.05) is 26.7 Å². The van der Waals surface area contributed by atoms with E-state index in [0.29, 0.717) is 23.5 Å². The van der Waals surface area contributed by atoms with Crippen molar-refractivity contribution in [1.29, 1.82) is 0 Å². The van der Waals surface area contributed by atoms with Crippen LogP contribution in [0.25, 0.3) is 0 Å². The molecule has 0 amide bonds. The van der Waals surface area contributed by atoms with Crippen LogP contribution in [0.1, 0.15) is 46.0 Å². The smallest absolute Gasteiger partial charge is 0.193 e. The first-order chi connectivity index (χ1) is 10.4. The Bertz CT molecular complexity index is 500. The van der Waals surface area contributed by atoms with Crippen LogP contribution < -0.4 is 5.32 Å². The van der Waals surface area contributed by atoms with Crippen molar-refractivity contribution < 1.29 is 8.42 Å². The van der Waals surface area contributed by atoms with Gasteiger partial charge in [-0.15, -0.1) is 0 Å². The topological polar surface area (TPSA) is 61.8 Å². The Labute approximate surface area is 135 Å². The lowest BCUT2D eigenvalue weighted by Gasteiger charge is -2.42. The van der Waals surface area contributed by atoms with Crippen LogP contribution in [-0.4, -0.2) is 57.5 Å². The molecule has 0 aliphatic carbocycles. The molecule has 2 fully saturated rings. The van der Waals surface area contributed by atoms with Crippen LogP contribution in [0.5, 0.6) is 0 Å². The van der Waals surface area contributed by atoms with Gasteiger partial charge in [0.1, 0.15) is 0 Å². The molecule has 0 aromatic carbocycles. The average Bonchev–Trinajstić information content (AvgIpc) is 2.79. The zero-order chi connectivity index (χ0) is 16.2. The monoisotopic (exact) mass is 329 g/mol. The number of likely N-dealkylation sites (tertiary alicyclic amines) is 1. The number of aliphatic imine (C=N–C) groups is 1. The Morgan fingerprint density at radius 2 is 2.23 bits per heavy atom. The fourth-order valence-corrected chi connectivity index (χ4v) is 5.77. The zero-order valence-electron chi connectivity index (χ0n) is 14.3. The number of sulfone groups is 1. The van der Waals surface area contributed by atoms with E-state index in [2.05, 4.69) is 29.1 Å². The Morgan fingerprint density at radius 3 is 2.82 bits per heavy atom. The molecule has 0 bridgehead atoms. The highest BCUT2D eigenvalue weighted by Gasteiger charge is 2.32. The Hall–Kier alpha value is -0.780. The predicted molar refractivity (Wildman–Crippen MR) is 91.9 cm³/mol. The van der Waals surface area contributed by atoms with Gasteiger partial charge in [0.25, 0.3) is 0 Å². The van der Waals surface area contributed by atoms with Gasteiger partial charge in [-0.05, 0) is 37.0 Å². The first-order valence-electron chi connectivity index (χ1n) is 8.53. The molecule has 0 aromatic heterocycles. The molecule has 5 nitrogen and oxygen atoms in total. The van der Waals surface area contributed by atoms with Crippen molar-refractivity contribution in [2.24, 2.45) is 16.3 Å². The van der Waals surface area contributed by atoms with E-state index in [-0.39, 0.29) is 5.92 Å². The van der Waals surface area contributed by atoms with Crippen LogP contribution in [0.15, 0.2) is 4.99 Å². The third kappa shape index (κ3) is 4.61. The van der Waals surface area contributed by atoms with Crippen molar-refractivity contribution in [1.82, 2.24) is 10.2 Å². The normalized spacial score (nSPS) is 32.2. The molecule has 2 atom stereocenters. The van der Waals surface area contributed by atoms with E-state index in [9.17, 15) is 8.42 Å². The Balaban J connectivity index is 1.89. The number of guanidine groups is 1. The summed E-state index contributed by atoms with van der Waals surface area (Å²) in [6.45, 7) is 7.43. The standard InChI is InChI=1S/C16H31N3O2S/c1-4-7-16(2)8-5-9-19(13-16)15(17-3)18-11-14-6-10-22(20,21)12-14/h14H,4-13H2,1-3H3,(H,17,18). The van der Waals surface area contributed by atoms with Crippen LogP contribution in [0.3, 0.4) is 0 Å². The lowest BCUT2D eigenvalue weighted by molar-refractivity contribution is 0.142. The van der Waals surface area contributed by atoms with Crippen molar-refractivity contribution in [2.75, 3.05) is 38.2 Å². The summed E-state index contributed by atoms with van der Waals surface area (Å²) in [6, 6.07) is 0. The van der Waals surface area contributed by atoms with Gasteiger partial charge >= 0.3 is 0 Å². The van der Waals surface area contributed by atoms with Gasteiger partial charge in [-0.1, -0.05) is 20.3 Å². The molecule has 0 spiro atoms. The molecule has 1 N–H and O–H groups in total. The number of piperidine rings is 1. The molecule has 2 saturated heterocycles. The van der Waals surface area contributed by atoms with Gasteiger partial charge in [0.15, 0.2) is 15.8 Å². The molecule has 0 aromatic rings. The maximum absolute atomic E-state index is 11.5. The average molecular weight is 330 g/mol. The van der Waals surface area contributed by atoms with Crippen molar-refractivity contribution in [2.45, 2.75) is 46.0 Å². The SMILES string of the molecule is CCCC1(C)CCCN(C(=NC)NCC2CCS(=O)(=O)C2)C1. The molecule has 2 unspecified atom stereocenters. The number of nitrogens with zero attached hydrogens (tertiary/aromatic N) is 2. The first kappa shape index (κ1) is 17.6. The summed E-state index contributed by atoms with van der Waals surface area (Å²) in [7, 11) is -0.975. The highest BCUT2D eigenvalue weighted by Crippen LogP contribution is 2.33. The molecule has 2 heterocycles. The Kier molecular flexibility index (Phi) is 5.75. The molecule has 6 heteroatoms. The quantitative estimate of drug-likeness (QED) is 0.632.